The number of hydrogen-bond acceptors (Lipinski definition) is 7. The lowest BCUT2D eigenvalue weighted by Gasteiger charge is -2.27. The normalized spacial score (nSPS) is 18.6. The van der Waals surface area contributed by atoms with Crippen molar-refractivity contribution in [2.45, 2.75) is 32.1 Å². The first-order valence-corrected chi connectivity index (χ1v) is 11.6. The molecule has 1 aliphatic heterocycles. The van der Waals surface area contributed by atoms with E-state index in [2.05, 4.69) is 21.0 Å². The molecule has 1 aliphatic carbocycles. The largest absolute Gasteiger partial charge is 0.396 e. The van der Waals surface area contributed by atoms with Gasteiger partial charge in [-0.3, -0.25) is 14.9 Å². The maximum absolute atomic E-state index is 12.1. The van der Waals surface area contributed by atoms with Crippen LogP contribution in [0.1, 0.15) is 37.7 Å². The van der Waals surface area contributed by atoms with Crippen LogP contribution in [-0.4, -0.2) is 44.7 Å². The summed E-state index contributed by atoms with van der Waals surface area (Å²) in [6, 6.07) is 9.18. The maximum Gasteiger partial charge on any atom is 0.254 e. The smallest absolute Gasteiger partial charge is 0.254 e. The van der Waals surface area contributed by atoms with Crippen molar-refractivity contribution in [2.24, 2.45) is 5.41 Å². The summed E-state index contributed by atoms with van der Waals surface area (Å²) in [6.07, 6.45) is 7.45. The van der Waals surface area contributed by atoms with Crippen molar-refractivity contribution in [3.05, 3.63) is 52.7 Å². The second kappa shape index (κ2) is 9.08. The summed E-state index contributed by atoms with van der Waals surface area (Å²) < 4.78 is 1.67. The summed E-state index contributed by atoms with van der Waals surface area (Å²) in [5, 5.41) is 24.1. The van der Waals surface area contributed by atoms with Crippen LogP contribution in [0.5, 0.6) is 0 Å². The SMILES string of the molecule is O=C1C/C(=C\c2cnn3c(NCC4(CO)CCCC4)cc(Nc4cccc(Cl)c4)nc23)C(=O)N1. The van der Waals surface area contributed by atoms with Gasteiger partial charge in [0.25, 0.3) is 5.91 Å². The van der Waals surface area contributed by atoms with E-state index in [0.717, 1.165) is 31.4 Å². The third-order valence-corrected chi connectivity index (χ3v) is 6.70. The molecule has 1 aromatic carbocycles. The molecule has 176 valence electrons. The Bertz CT molecular complexity index is 1300. The summed E-state index contributed by atoms with van der Waals surface area (Å²) in [7, 11) is 0. The summed E-state index contributed by atoms with van der Waals surface area (Å²) in [5.41, 5.74) is 2.14. The van der Waals surface area contributed by atoms with E-state index in [-0.39, 0.29) is 24.3 Å². The summed E-state index contributed by atoms with van der Waals surface area (Å²) in [5.74, 6) is 0.541. The fourth-order valence-corrected chi connectivity index (χ4v) is 4.78. The number of aliphatic hydroxyl groups is 1. The van der Waals surface area contributed by atoms with Gasteiger partial charge in [0.1, 0.15) is 11.6 Å². The number of carbonyl (C=O) groups is 2. The minimum absolute atomic E-state index is 0.0285. The zero-order valence-electron chi connectivity index (χ0n) is 18.5. The number of anilines is 3. The van der Waals surface area contributed by atoms with Crippen LogP contribution in [-0.2, 0) is 9.59 Å². The number of imide groups is 1. The van der Waals surface area contributed by atoms with Crippen molar-refractivity contribution < 1.29 is 14.7 Å². The van der Waals surface area contributed by atoms with Crippen molar-refractivity contribution in [1.82, 2.24) is 19.9 Å². The number of amides is 2. The lowest BCUT2D eigenvalue weighted by Crippen LogP contribution is -2.31. The van der Waals surface area contributed by atoms with Gasteiger partial charge in [0, 0.05) is 39.9 Å². The van der Waals surface area contributed by atoms with Gasteiger partial charge in [-0.05, 0) is 37.1 Å². The van der Waals surface area contributed by atoms with E-state index < -0.39 is 5.91 Å². The Labute approximate surface area is 201 Å². The molecule has 1 saturated carbocycles. The van der Waals surface area contributed by atoms with Crippen LogP contribution in [0.3, 0.4) is 0 Å². The highest BCUT2D eigenvalue weighted by Gasteiger charge is 2.33. The molecule has 0 unspecified atom stereocenters. The molecule has 5 rings (SSSR count). The van der Waals surface area contributed by atoms with Gasteiger partial charge in [-0.2, -0.15) is 9.61 Å². The molecule has 3 aromatic rings. The van der Waals surface area contributed by atoms with Crippen molar-refractivity contribution in [3.63, 3.8) is 0 Å². The standard InChI is InChI=1S/C24H25ClN6O3/c25-17-4-3-5-18(10-17)28-19-11-20(26-13-24(14-32)6-1-2-7-24)31-22(29-19)16(12-27-31)8-15-9-21(33)30-23(15)34/h3-5,8,10-12,26,32H,1-2,6-7,9,13-14H2,(H,28,29)(H,30,33,34)/b15-8+. The minimum atomic E-state index is -0.401. The zero-order chi connectivity index (χ0) is 23.7. The van der Waals surface area contributed by atoms with Gasteiger partial charge in [0.05, 0.1) is 19.2 Å². The first-order chi connectivity index (χ1) is 16.4. The molecule has 0 radical (unpaired) electrons. The fourth-order valence-electron chi connectivity index (χ4n) is 4.59. The average Bonchev–Trinajstić information content (AvgIpc) is 3.52. The molecule has 2 fully saturated rings. The number of aliphatic hydroxyl groups excluding tert-OH is 1. The second-order valence-corrected chi connectivity index (χ2v) is 9.38. The maximum atomic E-state index is 12.1. The molecule has 34 heavy (non-hydrogen) atoms. The van der Waals surface area contributed by atoms with E-state index in [9.17, 15) is 14.7 Å². The van der Waals surface area contributed by atoms with E-state index in [1.54, 1.807) is 28.9 Å². The number of nitrogens with zero attached hydrogens (tertiary/aromatic N) is 3. The number of aromatic nitrogens is 3. The van der Waals surface area contributed by atoms with Crippen LogP contribution in [0, 0.1) is 5.41 Å². The van der Waals surface area contributed by atoms with E-state index in [1.165, 1.54) is 0 Å². The average molecular weight is 481 g/mol. The van der Waals surface area contributed by atoms with E-state index in [4.69, 9.17) is 16.6 Å². The highest BCUT2D eigenvalue weighted by Crippen LogP contribution is 2.38. The number of rotatable bonds is 7. The number of carbonyl (C=O) groups excluding carboxylic acids is 2. The molecule has 0 bridgehead atoms. The predicted molar refractivity (Wildman–Crippen MR) is 130 cm³/mol. The molecular formula is C24H25ClN6O3. The van der Waals surface area contributed by atoms with E-state index in [1.807, 2.05) is 18.2 Å². The van der Waals surface area contributed by atoms with Gasteiger partial charge < -0.3 is 15.7 Å². The Kier molecular flexibility index (Phi) is 5.97. The van der Waals surface area contributed by atoms with Gasteiger partial charge in [0.2, 0.25) is 5.91 Å². The minimum Gasteiger partial charge on any atom is -0.396 e. The molecule has 2 aliphatic rings. The molecule has 10 heteroatoms. The van der Waals surface area contributed by atoms with Crippen LogP contribution in [0.4, 0.5) is 17.3 Å². The van der Waals surface area contributed by atoms with Gasteiger partial charge >= 0.3 is 0 Å². The highest BCUT2D eigenvalue weighted by molar-refractivity contribution is 6.30. The van der Waals surface area contributed by atoms with Crippen LogP contribution in [0.25, 0.3) is 11.7 Å². The Morgan fingerprint density at radius 1 is 1.24 bits per heavy atom. The molecule has 2 aromatic heterocycles. The summed E-state index contributed by atoms with van der Waals surface area (Å²) in [4.78, 5) is 28.4. The molecule has 9 nitrogen and oxygen atoms in total. The lowest BCUT2D eigenvalue weighted by molar-refractivity contribution is -0.124. The van der Waals surface area contributed by atoms with Gasteiger partial charge in [-0.1, -0.05) is 30.5 Å². The molecule has 2 amide bonds. The number of hydrogen-bond donors (Lipinski definition) is 4. The molecule has 1 saturated heterocycles. The van der Waals surface area contributed by atoms with Crippen LogP contribution < -0.4 is 16.0 Å². The molecule has 0 atom stereocenters. The fraction of sp³-hybridized carbons (Fsp3) is 0.333. The summed E-state index contributed by atoms with van der Waals surface area (Å²) >= 11 is 6.14. The van der Waals surface area contributed by atoms with Crippen molar-refractivity contribution in [2.75, 3.05) is 23.8 Å². The third-order valence-electron chi connectivity index (χ3n) is 6.47. The number of halogens is 1. The van der Waals surface area contributed by atoms with Gasteiger partial charge in [-0.15, -0.1) is 0 Å². The first-order valence-electron chi connectivity index (χ1n) is 11.3. The molecule has 3 heterocycles. The van der Waals surface area contributed by atoms with Crippen LogP contribution >= 0.6 is 11.6 Å². The van der Waals surface area contributed by atoms with Crippen molar-refractivity contribution in [3.8, 4) is 0 Å². The Balaban J connectivity index is 1.53. The molecule has 4 N–H and O–H groups in total. The van der Waals surface area contributed by atoms with Gasteiger partial charge in [0.15, 0.2) is 5.65 Å². The van der Waals surface area contributed by atoms with E-state index >= 15 is 0 Å². The molecule has 0 spiro atoms. The van der Waals surface area contributed by atoms with Crippen LogP contribution in [0.2, 0.25) is 5.02 Å². The first kappa shape index (κ1) is 22.4. The highest BCUT2D eigenvalue weighted by atomic mass is 35.5. The Morgan fingerprint density at radius 2 is 2.06 bits per heavy atom. The van der Waals surface area contributed by atoms with Crippen molar-refractivity contribution in [1.29, 1.82) is 0 Å². The monoisotopic (exact) mass is 480 g/mol. The number of benzene rings is 1. The summed E-state index contributed by atoms with van der Waals surface area (Å²) in [6.45, 7) is 0.730. The lowest BCUT2D eigenvalue weighted by atomic mass is 9.87. The zero-order valence-corrected chi connectivity index (χ0v) is 19.2. The van der Waals surface area contributed by atoms with Crippen molar-refractivity contribution >= 4 is 52.5 Å². The Morgan fingerprint density at radius 3 is 2.76 bits per heavy atom. The topological polar surface area (TPSA) is 121 Å². The predicted octanol–water partition coefficient (Wildman–Crippen LogP) is 3.52. The van der Waals surface area contributed by atoms with Gasteiger partial charge in [-0.25, -0.2) is 4.98 Å². The second-order valence-electron chi connectivity index (χ2n) is 8.94. The van der Waals surface area contributed by atoms with Crippen LogP contribution in [0.15, 0.2) is 42.1 Å². The quantitative estimate of drug-likeness (QED) is 0.301. The molecular weight excluding hydrogens is 456 g/mol. The van der Waals surface area contributed by atoms with E-state index in [0.29, 0.717) is 40.0 Å². The third kappa shape index (κ3) is 4.49. The number of nitrogens with one attached hydrogen (secondary N) is 3. The number of fused-ring (bicyclic) bond motifs is 1. The Hall–Kier alpha value is -3.43.